The zero-order chi connectivity index (χ0) is 29.4. The van der Waals surface area contributed by atoms with Crippen molar-refractivity contribution in [3.05, 3.63) is 100 Å². The molecular weight excluding hydrogens is 581 g/mol. The SMILES string of the molecule is CS(=O)(=O)N(CC(=O)N(Cc1ccc(Cl)cc1Cl)[C@H](Cc1ccccc1)C(=O)NC1CCCCC1)c1ccccc1. The van der Waals surface area contributed by atoms with Gasteiger partial charge >= 0.3 is 0 Å². The number of benzene rings is 3. The molecule has 1 fully saturated rings. The average Bonchev–Trinajstić information content (AvgIpc) is 2.95. The number of anilines is 1. The topological polar surface area (TPSA) is 86.8 Å². The lowest BCUT2D eigenvalue weighted by molar-refractivity contribution is -0.140. The van der Waals surface area contributed by atoms with Crippen LogP contribution in [0.25, 0.3) is 0 Å². The van der Waals surface area contributed by atoms with Gasteiger partial charge in [0.25, 0.3) is 0 Å². The van der Waals surface area contributed by atoms with E-state index in [1.165, 1.54) is 4.90 Å². The second-order valence-corrected chi connectivity index (χ2v) is 13.2. The van der Waals surface area contributed by atoms with Crippen molar-refractivity contribution in [2.24, 2.45) is 0 Å². The summed E-state index contributed by atoms with van der Waals surface area (Å²) >= 11 is 12.7. The minimum Gasteiger partial charge on any atom is -0.352 e. The molecule has 10 heteroatoms. The van der Waals surface area contributed by atoms with Gasteiger partial charge in [0, 0.05) is 29.1 Å². The summed E-state index contributed by atoms with van der Waals surface area (Å²) in [5.74, 6) is -0.796. The van der Waals surface area contributed by atoms with E-state index in [9.17, 15) is 18.0 Å². The predicted molar refractivity (Wildman–Crippen MR) is 165 cm³/mol. The van der Waals surface area contributed by atoms with Crippen LogP contribution in [0.5, 0.6) is 0 Å². The third-order valence-electron chi connectivity index (χ3n) is 7.30. The van der Waals surface area contributed by atoms with E-state index >= 15 is 0 Å². The molecule has 1 atom stereocenters. The van der Waals surface area contributed by atoms with Gasteiger partial charge in [-0.2, -0.15) is 0 Å². The largest absolute Gasteiger partial charge is 0.352 e. The number of hydrogen-bond acceptors (Lipinski definition) is 4. The molecule has 1 aliphatic rings. The molecule has 4 rings (SSSR count). The molecule has 7 nitrogen and oxygen atoms in total. The molecule has 3 aromatic carbocycles. The molecule has 0 saturated heterocycles. The Morgan fingerprint density at radius 2 is 1.56 bits per heavy atom. The summed E-state index contributed by atoms with van der Waals surface area (Å²) in [4.78, 5) is 29.6. The molecule has 0 heterocycles. The Bertz CT molecular complexity index is 1430. The first-order valence-electron chi connectivity index (χ1n) is 13.7. The highest BCUT2D eigenvalue weighted by Gasteiger charge is 2.34. The number of hydrogen-bond donors (Lipinski definition) is 1. The number of para-hydroxylation sites is 1. The van der Waals surface area contributed by atoms with Crippen molar-refractivity contribution >= 4 is 50.7 Å². The fraction of sp³-hybridized carbons (Fsp3) is 0.355. The van der Waals surface area contributed by atoms with Crippen LogP contribution in [0, 0.1) is 0 Å². The summed E-state index contributed by atoms with van der Waals surface area (Å²) in [7, 11) is -3.82. The van der Waals surface area contributed by atoms with Gasteiger partial charge in [0.2, 0.25) is 21.8 Å². The molecule has 1 N–H and O–H groups in total. The van der Waals surface area contributed by atoms with Gasteiger partial charge in [0.15, 0.2) is 0 Å². The standard InChI is InChI=1S/C31H35Cl2N3O4S/c1-41(39,40)36(27-15-9-4-10-16-27)22-30(37)35(21-24-17-18-25(32)20-28(24)33)29(19-23-11-5-2-6-12-23)31(38)34-26-13-7-3-8-14-26/h2,4-6,9-12,15-18,20,26,29H,3,7-8,13-14,19,21-22H2,1H3,(H,34,38)/t29-/m1/s1. The van der Waals surface area contributed by atoms with Crippen molar-refractivity contribution in [1.82, 2.24) is 10.2 Å². The first kappa shape index (κ1) is 30.9. The second-order valence-electron chi connectivity index (χ2n) is 10.4. The number of sulfonamides is 1. The van der Waals surface area contributed by atoms with Crippen LogP contribution in [-0.2, 0) is 32.6 Å². The van der Waals surface area contributed by atoms with E-state index < -0.39 is 28.5 Å². The highest BCUT2D eigenvalue weighted by atomic mass is 35.5. The van der Waals surface area contributed by atoms with Gasteiger partial charge in [-0.25, -0.2) is 8.42 Å². The van der Waals surface area contributed by atoms with Gasteiger partial charge in [-0.15, -0.1) is 0 Å². The highest BCUT2D eigenvalue weighted by Crippen LogP contribution is 2.26. The van der Waals surface area contributed by atoms with Gasteiger partial charge in [-0.05, 0) is 48.2 Å². The maximum Gasteiger partial charge on any atom is 0.244 e. The van der Waals surface area contributed by atoms with Crippen molar-refractivity contribution in [2.75, 3.05) is 17.1 Å². The molecule has 0 aliphatic heterocycles. The Morgan fingerprint density at radius 1 is 0.927 bits per heavy atom. The summed E-state index contributed by atoms with van der Waals surface area (Å²) in [6, 6.07) is 22.0. The lowest BCUT2D eigenvalue weighted by Crippen LogP contribution is -2.55. The maximum absolute atomic E-state index is 14.2. The summed E-state index contributed by atoms with van der Waals surface area (Å²) in [5.41, 5.74) is 1.83. The van der Waals surface area contributed by atoms with Crippen LogP contribution >= 0.6 is 23.2 Å². The number of halogens is 2. The fourth-order valence-electron chi connectivity index (χ4n) is 5.14. The molecule has 0 bridgehead atoms. The number of nitrogens with zero attached hydrogens (tertiary/aromatic N) is 2. The Kier molecular flexibility index (Phi) is 10.7. The molecule has 0 radical (unpaired) electrons. The van der Waals surface area contributed by atoms with Crippen molar-refractivity contribution in [3.63, 3.8) is 0 Å². The first-order chi connectivity index (χ1) is 19.6. The van der Waals surface area contributed by atoms with Crippen LogP contribution in [-0.4, -0.2) is 50.0 Å². The Hall–Kier alpha value is -3.07. The number of amides is 2. The summed E-state index contributed by atoms with van der Waals surface area (Å²) in [6.45, 7) is -0.479. The van der Waals surface area contributed by atoms with Crippen LogP contribution in [0.4, 0.5) is 5.69 Å². The lowest BCUT2D eigenvalue weighted by atomic mass is 9.94. The van der Waals surface area contributed by atoms with Crippen LogP contribution in [0.1, 0.15) is 43.2 Å². The van der Waals surface area contributed by atoms with E-state index in [1.807, 2.05) is 30.3 Å². The van der Waals surface area contributed by atoms with Gasteiger partial charge in [-0.3, -0.25) is 13.9 Å². The predicted octanol–water partition coefficient (Wildman–Crippen LogP) is 5.85. The first-order valence-corrected chi connectivity index (χ1v) is 16.3. The maximum atomic E-state index is 14.2. The van der Waals surface area contributed by atoms with Gasteiger partial charge in [0.1, 0.15) is 12.6 Å². The normalized spacial score (nSPS) is 14.7. The van der Waals surface area contributed by atoms with Gasteiger partial charge in [0.05, 0.1) is 11.9 Å². The van der Waals surface area contributed by atoms with E-state index in [4.69, 9.17) is 23.2 Å². The summed E-state index contributed by atoms with van der Waals surface area (Å²) in [6.07, 6.45) is 6.30. The molecule has 1 aliphatic carbocycles. The third-order valence-corrected chi connectivity index (χ3v) is 9.03. The van der Waals surface area contributed by atoms with E-state index in [1.54, 1.807) is 48.5 Å². The van der Waals surface area contributed by atoms with Crippen molar-refractivity contribution in [3.8, 4) is 0 Å². The fourth-order valence-corrected chi connectivity index (χ4v) is 6.46. The lowest BCUT2D eigenvalue weighted by Gasteiger charge is -2.35. The number of carbonyl (C=O) groups is 2. The summed E-state index contributed by atoms with van der Waals surface area (Å²) < 4.78 is 26.7. The van der Waals surface area contributed by atoms with E-state index in [0.29, 0.717) is 21.3 Å². The zero-order valence-corrected chi connectivity index (χ0v) is 25.3. The minimum absolute atomic E-state index is 0.00316. The zero-order valence-electron chi connectivity index (χ0n) is 23.0. The molecular formula is C31H35Cl2N3O4S. The molecule has 3 aromatic rings. The monoisotopic (exact) mass is 615 g/mol. The average molecular weight is 617 g/mol. The van der Waals surface area contributed by atoms with Crippen molar-refractivity contribution < 1.29 is 18.0 Å². The van der Waals surface area contributed by atoms with Crippen LogP contribution in [0.2, 0.25) is 10.0 Å². The molecule has 41 heavy (non-hydrogen) atoms. The van der Waals surface area contributed by atoms with E-state index in [-0.39, 0.29) is 24.9 Å². The molecule has 218 valence electrons. The van der Waals surface area contributed by atoms with Gasteiger partial charge in [-0.1, -0.05) is 97.1 Å². The smallest absolute Gasteiger partial charge is 0.244 e. The highest BCUT2D eigenvalue weighted by molar-refractivity contribution is 7.92. The third kappa shape index (κ3) is 8.71. The Balaban J connectivity index is 1.73. The molecule has 0 spiro atoms. The van der Waals surface area contributed by atoms with E-state index in [2.05, 4.69) is 5.32 Å². The Morgan fingerprint density at radius 3 is 2.17 bits per heavy atom. The van der Waals surface area contributed by atoms with Gasteiger partial charge < -0.3 is 10.2 Å². The molecule has 1 saturated carbocycles. The van der Waals surface area contributed by atoms with Crippen molar-refractivity contribution in [1.29, 1.82) is 0 Å². The quantitative estimate of drug-likeness (QED) is 0.293. The Labute approximate surface area is 252 Å². The molecule has 2 amide bonds. The molecule has 0 unspecified atom stereocenters. The van der Waals surface area contributed by atoms with Crippen LogP contribution in [0.3, 0.4) is 0 Å². The number of carbonyl (C=O) groups excluding carboxylic acids is 2. The van der Waals surface area contributed by atoms with Crippen LogP contribution in [0.15, 0.2) is 78.9 Å². The van der Waals surface area contributed by atoms with E-state index in [0.717, 1.165) is 48.2 Å². The minimum atomic E-state index is -3.82. The number of rotatable bonds is 11. The summed E-state index contributed by atoms with van der Waals surface area (Å²) in [5, 5.41) is 3.98. The number of nitrogens with one attached hydrogen (secondary N) is 1. The van der Waals surface area contributed by atoms with Crippen LogP contribution < -0.4 is 9.62 Å². The second kappa shape index (κ2) is 14.2. The molecule has 0 aromatic heterocycles. The van der Waals surface area contributed by atoms with Crippen molar-refractivity contribution in [2.45, 2.75) is 57.2 Å².